The lowest BCUT2D eigenvalue weighted by molar-refractivity contribution is 0.0396. The van der Waals surface area contributed by atoms with Crippen molar-refractivity contribution in [2.45, 2.75) is 30.5 Å². The first-order valence-corrected chi connectivity index (χ1v) is 10.2. The number of aliphatic hydroxyl groups is 2. The van der Waals surface area contributed by atoms with Gasteiger partial charge in [-0.2, -0.15) is 21.7 Å². The van der Waals surface area contributed by atoms with E-state index in [4.69, 9.17) is 23.2 Å². The smallest absolute Gasteiger partial charge is 0.226 e. The Morgan fingerprint density at radius 3 is 2.85 bits per heavy atom. The molecule has 1 saturated heterocycles. The Labute approximate surface area is 169 Å². The zero-order valence-corrected chi connectivity index (χ0v) is 16.4. The second-order valence-electron chi connectivity index (χ2n) is 6.32. The van der Waals surface area contributed by atoms with Crippen LogP contribution in [0, 0.1) is 0 Å². The molecule has 0 saturated carbocycles. The van der Waals surface area contributed by atoms with Crippen molar-refractivity contribution in [1.82, 2.24) is 19.5 Å². The second-order valence-corrected chi connectivity index (χ2v) is 8.37. The number of halogens is 2. The van der Waals surface area contributed by atoms with E-state index in [0.717, 1.165) is 5.56 Å². The monoisotopic (exact) mass is 425 g/mol. The molecule has 7 nitrogen and oxygen atoms in total. The van der Waals surface area contributed by atoms with Gasteiger partial charge in [-0.25, -0.2) is 4.98 Å². The van der Waals surface area contributed by atoms with Crippen molar-refractivity contribution < 1.29 is 10.2 Å². The predicted octanol–water partition coefficient (Wildman–Crippen LogP) is 2.58. The summed E-state index contributed by atoms with van der Waals surface area (Å²) in [5.41, 5.74) is 2.18. The Kier molecular flexibility index (Phi) is 5.43. The summed E-state index contributed by atoms with van der Waals surface area (Å²) in [5.74, 6) is 1.05. The average molecular weight is 426 g/mol. The molecule has 4 rings (SSSR count). The SMILES string of the molecule is O[C@@H]1[C@H](O)CS[C@H]1Cn1cnc2c(NCc3cccc(Cl)c3)nc(Cl)nc21. The van der Waals surface area contributed by atoms with Gasteiger partial charge in [-0.05, 0) is 29.3 Å². The van der Waals surface area contributed by atoms with E-state index < -0.39 is 12.2 Å². The largest absolute Gasteiger partial charge is 0.390 e. The van der Waals surface area contributed by atoms with E-state index in [0.29, 0.717) is 40.8 Å². The van der Waals surface area contributed by atoms with Gasteiger partial charge in [0.1, 0.15) is 0 Å². The molecule has 0 bridgehead atoms. The van der Waals surface area contributed by atoms with E-state index in [1.807, 2.05) is 28.8 Å². The van der Waals surface area contributed by atoms with Gasteiger partial charge in [0.25, 0.3) is 0 Å². The zero-order valence-electron chi connectivity index (χ0n) is 14.1. The van der Waals surface area contributed by atoms with Gasteiger partial charge in [-0.15, -0.1) is 0 Å². The number of hydrogen-bond acceptors (Lipinski definition) is 7. The summed E-state index contributed by atoms with van der Waals surface area (Å²) in [6, 6.07) is 7.53. The second kappa shape index (κ2) is 7.81. The Balaban J connectivity index is 1.58. The normalized spacial score (nSPS) is 22.4. The number of fused-ring (bicyclic) bond motifs is 1. The van der Waals surface area contributed by atoms with Crippen molar-refractivity contribution in [2.24, 2.45) is 0 Å². The molecule has 142 valence electrons. The topological polar surface area (TPSA) is 96.1 Å². The van der Waals surface area contributed by atoms with Gasteiger partial charge >= 0.3 is 0 Å². The van der Waals surface area contributed by atoms with Crippen molar-refractivity contribution >= 4 is 51.9 Å². The molecule has 1 fully saturated rings. The molecule has 1 aliphatic heterocycles. The van der Waals surface area contributed by atoms with E-state index >= 15 is 0 Å². The van der Waals surface area contributed by atoms with Crippen molar-refractivity contribution in [3.8, 4) is 0 Å². The number of hydrogen-bond donors (Lipinski definition) is 3. The molecule has 0 unspecified atom stereocenters. The molecule has 0 radical (unpaired) electrons. The Morgan fingerprint density at radius 2 is 2.11 bits per heavy atom. The van der Waals surface area contributed by atoms with E-state index in [2.05, 4.69) is 20.3 Å². The minimum atomic E-state index is -0.773. The highest BCUT2D eigenvalue weighted by Gasteiger charge is 2.34. The number of imidazole rings is 1. The Hall–Kier alpha value is -1.58. The van der Waals surface area contributed by atoms with Crippen LogP contribution in [0.15, 0.2) is 30.6 Å². The lowest BCUT2D eigenvalue weighted by Crippen LogP contribution is -2.31. The summed E-state index contributed by atoms with van der Waals surface area (Å²) in [6.45, 7) is 0.986. The van der Waals surface area contributed by atoms with Crippen LogP contribution in [0.2, 0.25) is 10.3 Å². The van der Waals surface area contributed by atoms with Gasteiger partial charge < -0.3 is 20.1 Å². The maximum absolute atomic E-state index is 10.1. The molecular weight excluding hydrogens is 409 g/mol. The predicted molar refractivity (Wildman–Crippen MR) is 107 cm³/mol. The first kappa shape index (κ1) is 18.8. The van der Waals surface area contributed by atoms with Gasteiger partial charge in [-0.3, -0.25) is 0 Å². The molecule has 0 amide bonds. The maximum Gasteiger partial charge on any atom is 0.226 e. The van der Waals surface area contributed by atoms with Gasteiger partial charge in [-0.1, -0.05) is 23.7 Å². The number of thioether (sulfide) groups is 1. The molecule has 0 spiro atoms. The standard InChI is InChI=1S/C17H17Cl2N5O2S/c18-10-3-1-2-9(4-10)5-20-15-13-16(23-17(19)22-15)24(8-21-13)6-12-14(26)11(25)7-27-12/h1-4,8,11-12,14,25-26H,5-7H2,(H,20,22,23)/t11-,12+,14-/m1/s1. The average Bonchev–Trinajstić information content (AvgIpc) is 3.18. The van der Waals surface area contributed by atoms with Crippen LogP contribution in [-0.2, 0) is 13.1 Å². The molecule has 3 aromatic rings. The van der Waals surface area contributed by atoms with E-state index in [1.165, 1.54) is 11.8 Å². The van der Waals surface area contributed by atoms with Gasteiger partial charge in [0.15, 0.2) is 17.0 Å². The molecule has 3 atom stereocenters. The van der Waals surface area contributed by atoms with E-state index in [9.17, 15) is 10.2 Å². The maximum atomic E-state index is 10.1. The molecule has 27 heavy (non-hydrogen) atoms. The van der Waals surface area contributed by atoms with E-state index in [-0.39, 0.29) is 10.5 Å². The fourth-order valence-corrected chi connectivity index (χ4v) is 4.69. The number of benzene rings is 1. The third-order valence-corrected chi connectivity index (χ3v) is 6.21. The summed E-state index contributed by atoms with van der Waals surface area (Å²) in [5, 5.41) is 23.7. The summed E-state index contributed by atoms with van der Waals surface area (Å²) in [4.78, 5) is 13.0. The summed E-state index contributed by atoms with van der Waals surface area (Å²) in [7, 11) is 0. The first-order valence-electron chi connectivity index (χ1n) is 8.35. The van der Waals surface area contributed by atoms with Crippen LogP contribution in [0.1, 0.15) is 5.56 Å². The number of anilines is 1. The fourth-order valence-electron chi connectivity index (χ4n) is 3.03. The van der Waals surface area contributed by atoms with Crippen LogP contribution in [0.25, 0.3) is 11.2 Å². The van der Waals surface area contributed by atoms with Crippen molar-refractivity contribution in [1.29, 1.82) is 0 Å². The number of aromatic nitrogens is 4. The van der Waals surface area contributed by atoms with Crippen LogP contribution in [0.4, 0.5) is 5.82 Å². The van der Waals surface area contributed by atoms with Gasteiger partial charge in [0.05, 0.1) is 23.8 Å². The highest BCUT2D eigenvalue weighted by Crippen LogP contribution is 2.30. The number of nitrogens with one attached hydrogen (secondary N) is 1. The third-order valence-electron chi connectivity index (χ3n) is 4.42. The molecule has 0 aliphatic carbocycles. The minimum Gasteiger partial charge on any atom is -0.390 e. The fraction of sp³-hybridized carbons (Fsp3) is 0.353. The van der Waals surface area contributed by atoms with Crippen molar-refractivity contribution in [3.63, 3.8) is 0 Å². The minimum absolute atomic E-state index is 0.109. The highest BCUT2D eigenvalue weighted by atomic mass is 35.5. The highest BCUT2D eigenvalue weighted by molar-refractivity contribution is 8.00. The first-order chi connectivity index (χ1) is 13.0. The number of nitrogens with zero attached hydrogens (tertiary/aromatic N) is 4. The van der Waals surface area contributed by atoms with Crippen LogP contribution < -0.4 is 5.32 Å². The summed E-state index contributed by atoms with van der Waals surface area (Å²) < 4.78 is 1.83. The quantitative estimate of drug-likeness (QED) is 0.540. The number of aliphatic hydroxyl groups excluding tert-OH is 2. The molecule has 1 aliphatic rings. The van der Waals surface area contributed by atoms with Crippen LogP contribution in [-0.4, -0.2) is 52.9 Å². The van der Waals surface area contributed by atoms with E-state index in [1.54, 1.807) is 6.33 Å². The summed E-state index contributed by atoms with van der Waals surface area (Å²) >= 11 is 13.7. The summed E-state index contributed by atoms with van der Waals surface area (Å²) in [6.07, 6.45) is 0.172. The van der Waals surface area contributed by atoms with Crippen LogP contribution in [0.5, 0.6) is 0 Å². The van der Waals surface area contributed by atoms with Gasteiger partial charge in [0.2, 0.25) is 5.28 Å². The molecular formula is C17H17Cl2N5O2S. The van der Waals surface area contributed by atoms with Crippen molar-refractivity contribution in [2.75, 3.05) is 11.1 Å². The third kappa shape index (κ3) is 4.00. The molecule has 10 heteroatoms. The van der Waals surface area contributed by atoms with Gasteiger partial charge in [0, 0.05) is 23.9 Å². The van der Waals surface area contributed by atoms with Crippen LogP contribution >= 0.6 is 35.0 Å². The zero-order chi connectivity index (χ0) is 19.0. The van der Waals surface area contributed by atoms with Crippen molar-refractivity contribution in [3.05, 3.63) is 46.5 Å². The lowest BCUT2D eigenvalue weighted by Gasteiger charge is -2.16. The lowest BCUT2D eigenvalue weighted by atomic mass is 10.1. The molecule has 1 aromatic carbocycles. The molecule has 3 heterocycles. The van der Waals surface area contributed by atoms with Crippen LogP contribution in [0.3, 0.4) is 0 Å². The molecule has 2 aromatic heterocycles. The Bertz CT molecular complexity index is 970. The number of rotatable bonds is 5. The Morgan fingerprint density at radius 1 is 1.26 bits per heavy atom. The molecule has 3 N–H and O–H groups in total.